The van der Waals surface area contributed by atoms with Gasteiger partial charge in [-0.1, -0.05) is 91.0 Å². The lowest BCUT2D eigenvalue weighted by molar-refractivity contribution is 1.01. The number of fused-ring (bicyclic) bond motifs is 9. The van der Waals surface area contributed by atoms with Crippen LogP contribution >= 0.6 is 11.3 Å². The maximum absolute atomic E-state index is 5.31. The smallest absolute Gasteiger partial charge is 0.138 e. The average molecular weight is 569 g/mol. The zero-order chi connectivity index (χ0) is 28.3. The number of hydrogen-bond acceptors (Lipinski definition) is 4. The molecule has 0 radical (unpaired) electrons. The zero-order valence-corrected chi connectivity index (χ0v) is 23.9. The summed E-state index contributed by atoms with van der Waals surface area (Å²) in [6.45, 7) is 0. The highest BCUT2D eigenvalue weighted by Gasteiger charge is 2.18. The van der Waals surface area contributed by atoms with Gasteiger partial charge in [0.15, 0.2) is 0 Å². The molecule has 4 aromatic heterocycles. The van der Waals surface area contributed by atoms with Crippen LogP contribution in [0.5, 0.6) is 0 Å². The molecule has 5 heteroatoms. The number of aromatic nitrogens is 3. The van der Waals surface area contributed by atoms with Crippen LogP contribution in [-0.4, -0.2) is 14.6 Å². The Kier molecular flexibility index (Phi) is 5.33. The van der Waals surface area contributed by atoms with E-state index in [0.29, 0.717) is 0 Å². The summed E-state index contributed by atoms with van der Waals surface area (Å²) in [6, 6.07) is 49.2. The lowest BCUT2D eigenvalue weighted by Gasteiger charge is -2.25. The van der Waals surface area contributed by atoms with E-state index in [2.05, 4.69) is 143 Å². The van der Waals surface area contributed by atoms with Gasteiger partial charge in [-0.3, -0.25) is 4.90 Å². The number of nitrogens with zero attached hydrogens (tertiary/aromatic N) is 4. The van der Waals surface area contributed by atoms with E-state index in [1.165, 1.54) is 36.3 Å². The van der Waals surface area contributed by atoms with Crippen molar-refractivity contribution in [2.75, 3.05) is 4.90 Å². The summed E-state index contributed by atoms with van der Waals surface area (Å²) < 4.78 is 4.61. The molecular weight excluding hydrogens is 545 g/mol. The van der Waals surface area contributed by atoms with Crippen LogP contribution in [-0.2, 0) is 0 Å². The third-order valence-corrected chi connectivity index (χ3v) is 9.48. The molecule has 9 aromatic rings. The molecule has 4 nitrogen and oxygen atoms in total. The quantitative estimate of drug-likeness (QED) is 0.198. The van der Waals surface area contributed by atoms with Gasteiger partial charge in [-0.2, -0.15) is 5.10 Å². The Bertz CT molecular complexity index is 2470. The minimum Gasteiger partial charge on any atom is -0.295 e. The van der Waals surface area contributed by atoms with Crippen molar-refractivity contribution >= 4 is 75.9 Å². The van der Waals surface area contributed by atoms with Crippen LogP contribution in [0.3, 0.4) is 0 Å². The third kappa shape index (κ3) is 3.75. The summed E-state index contributed by atoms with van der Waals surface area (Å²) in [5.41, 5.74) is 6.33. The molecular formula is C38H24N4S. The molecule has 0 atom stereocenters. The Balaban J connectivity index is 1.26. The van der Waals surface area contributed by atoms with Crippen molar-refractivity contribution in [3.63, 3.8) is 0 Å². The van der Waals surface area contributed by atoms with Crippen LogP contribution < -0.4 is 4.90 Å². The van der Waals surface area contributed by atoms with Gasteiger partial charge in [-0.15, -0.1) is 11.3 Å². The summed E-state index contributed by atoms with van der Waals surface area (Å²) >= 11 is 1.83. The van der Waals surface area contributed by atoms with E-state index in [4.69, 9.17) is 10.1 Å². The van der Waals surface area contributed by atoms with Crippen molar-refractivity contribution in [3.05, 3.63) is 146 Å². The second-order valence-corrected chi connectivity index (χ2v) is 11.8. The van der Waals surface area contributed by atoms with E-state index in [1.807, 2.05) is 23.6 Å². The van der Waals surface area contributed by atoms with E-state index in [9.17, 15) is 0 Å². The Morgan fingerprint density at radius 2 is 1.28 bits per heavy atom. The first-order valence-electron chi connectivity index (χ1n) is 14.3. The number of pyridine rings is 2. The van der Waals surface area contributed by atoms with Crippen molar-refractivity contribution in [2.24, 2.45) is 0 Å². The first kappa shape index (κ1) is 24.1. The number of rotatable bonds is 4. The van der Waals surface area contributed by atoms with E-state index in [1.54, 1.807) is 0 Å². The van der Waals surface area contributed by atoms with E-state index in [-0.39, 0.29) is 0 Å². The van der Waals surface area contributed by atoms with Gasteiger partial charge in [0.05, 0.1) is 22.9 Å². The third-order valence-electron chi connectivity index (χ3n) is 8.26. The first-order chi connectivity index (χ1) is 21.3. The highest BCUT2D eigenvalue weighted by Crippen LogP contribution is 2.41. The second-order valence-electron chi connectivity index (χ2n) is 10.7. The standard InChI is InChI=1S/C38H24N4S/c1-2-10-25(11-3-1)41(26-20-21-29-27-12-4-5-13-28(27)34-22-23-39-42(34)35(29)24-26)37-19-9-17-33(40-37)32-16-8-15-31-30-14-6-7-18-36(30)43-38(31)32/h1-24H. The summed E-state index contributed by atoms with van der Waals surface area (Å²) in [5, 5.41) is 10.9. The average Bonchev–Trinajstić information content (AvgIpc) is 3.72. The molecule has 0 aliphatic heterocycles. The Labute approximate surface area is 251 Å². The first-order valence-corrected chi connectivity index (χ1v) is 15.2. The Hall–Kier alpha value is -5.52. The highest BCUT2D eigenvalue weighted by atomic mass is 32.1. The number of thiophene rings is 1. The lowest BCUT2D eigenvalue weighted by Crippen LogP contribution is -2.12. The van der Waals surface area contributed by atoms with Gasteiger partial charge in [0, 0.05) is 47.9 Å². The molecule has 0 unspecified atom stereocenters. The van der Waals surface area contributed by atoms with Gasteiger partial charge in [-0.25, -0.2) is 9.50 Å². The summed E-state index contributed by atoms with van der Waals surface area (Å²) in [6.07, 6.45) is 1.88. The van der Waals surface area contributed by atoms with Crippen LogP contribution in [0.25, 0.3) is 58.6 Å². The van der Waals surface area contributed by atoms with Crippen LogP contribution in [0.1, 0.15) is 0 Å². The predicted molar refractivity (Wildman–Crippen MR) is 181 cm³/mol. The van der Waals surface area contributed by atoms with Gasteiger partial charge in [0.1, 0.15) is 5.82 Å². The van der Waals surface area contributed by atoms with Crippen molar-refractivity contribution in [1.29, 1.82) is 0 Å². The van der Waals surface area contributed by atoms with Crippen molar-refractivity contribution in [3.8, 4) is 11.3 Å². The normalized spacial score (nSPS) is 11.7. The number of benzene rings is 5. The van der Waals surface area contributed by atoms with E-state index < -0.39 is 0 Å². The second kappa shape index (κ2) is 9.51. The Morgan fingerprint density at radius 1 is 0.535 bits per heavy atom. The lowest BCUT2D eigenvalue weighted by atomic mass is 10.0. The van der Waals surface area contributed by atoms with Crippen molar-refractivity contribution in [2.45, 2.75) is 0 Å². The van der Waals surface area contributed by atoms with Crippen molar-refractivity contribution < 1.29 is 0 Å². The minimum atomic E-state index is 0.860. The fraction of sp³-hybridized carbons (Fsp3) is 0. The van der Waals surface area contributed by atoms with E-state index >= 15 is 0 Å². The molecule has 43 heavy (non-hydrogen) atoms. The topological polar surface area (TPSA) is 33.4 Å². The predicted octanol–water partition coefficient (Wildman–Crippen LogP) is 10.5. The van der Waals surface area contributed by atoms with E-state index in [0.717, 1.165) is 39.5 Å². The largest absolute Gasteiger partial charge is 0.295 e. The highest BCUT2D eigenvalue weighted by molar-refractivity contribution is 7.26. The summed E-state index contributed by atoms with van der Waals surface area (Å²) in [7, 11) is 0. The molecule has 5 aromatic carbocycles. The maximum atomic E-state index is 5.31. The fourth-order valence-corrected chi connectivity index (χ4v) is 7.57. The molecule has 0 bridgehead atoms. The summed E-state index contributed by atoms with van der Waals surface area (Å²) in [5.74, 6) is 0.860. The molecule has 0 aliphatic rings. The molecule has 0 aliphatic carbocycles. The van der Waals surface area contributed by atoms with Crippen LogP contribution in [0.2, 0.25) is 0 Å². The fourth-order valence-electron chi connectivity index (χ4n) is 6.34. The molecule has 0 fully saturated rings. The molecule has 0 spiro atoms. The number of para-hydroxylation sites is 1. The monoisotopic (exact) mass is 568 g/mol. The molecule has 0 saturated heterocycles. The van der Waals surface area contributed by atoms with Gasteiger partial charge < -0.3 is 0 Å². The minimum absolute atomic E-state index is 0.860. The molecule has 202 valence electrons. The summed E-state index contributed by atoms with van der Waals surface area (Å²) in [4.78, 5) is 7.54. The molecule has 4 heterocycles. The molecule has 0 N–H and O–H groups in total. The van der Waals surface area contributed by atoms with Gasteiger partial charge in [-0.05, 0) is 53.9 Å². The van der Waals surface area contributed by atoms with Gasteiger partial charge in [0.2, 0.25) is 0 Å². The zero-order valence-electron chi connectivity index (χ0n) is 23.1. The number of hydrogen-bond donors (Lipinski definition) is 0. The molecule has 0 saturated carbocycles. The van der Waals surface area contributed by atoms with Gasteiger partial charge in [0.25, 0.3) is 0 Å². The van der Waals surface area contributed by atoms with Crippen LogP contribution in [0.15, 0.2) is 146 Å². The Morgan fingerprint density at radius 3 is 2.19 bits per heavy atom. The van der Waals surface area contributed by atoms with Crippen LogP contribution in [0.4, 0.5) is 17.2 Å². The molecule has 0 amide bonds. The SMILES string of the molecule is c1ccc(N(c2ccc3c4ccccc4c4ccnn4c3c2)c2cccc(-c3cccc4c3sc3ccccc34)n2)cc1. The maximum Gasteiger partial charge on any atom is 0.138 e. The molecule has 9 rings (SSSR count). The van der Waals surface area contributed by atoms with Crippen molar-refractivity contribution in [1.82, 2.24) is 14.6 Å². The van der Waals surface area contributed by atoms with Crippen LogP contribution in [0, 0.1) is 0 Å². The van der Waals surface area contributed by atoms with Gasteiger partial charge >= 0.3 is 0 Å². The number of anilines is 3.